The Hall–Kier alpha value is -2.69. The summed E-state index contributed by atoms with van der Waals surface area (Å²) in [7, 11) is 0. The van der Waals surface area contributed by atoms with E-state index in [-0.39, 0.29) is 35.7 Å². The first-order valence-corrected chi connectivity index (χ1v) is 9.42. The molecule has 0 aliphatic carbocycles. The number of anilines is 1. The second-order valence-corrected chi connectivity index (χ2v) is 7.06. The number of alkyl halides is 3. The molecule has 0 bridgehead atoms. The van der Waals surface area contributed by atoms with Crippen LogP contribution in [0.2, 0.25) is 0 Å². The molecule has 29 heavy (non-hydrogen) atoms. The van der Waals surface area contributed by atoms with E-state index in [0.29, 0.717) is 32.7 Å². The topological polar surface area (TPSA) is 99.7 Å². The fourth-order valence-electron chi connectivity index (χ4n) is 3.06. The second-order valence-electron chi connectivity index (χ2n) is 7.06. The molecule has 3 rings (SSSR count). The van der Waals surface area contributed by atoms with Crippen molar-refractivity contribution in [1.29, 1.82) is 0 Å². The third kappa shape index (κ3) is 5.22. The number of rotatable bonds is 5. The van der Waals surface area contributed by atoms with Crippen molar-refractivity contribution in [1.82, 2.24) is 20.2 Å². The third-order valence-corrected chi connectivity index (χ3v) is 4.80. The molecule has 0 radical (unpaired) electrons. The van der Waals surface area contributed by atoms with E-state index in [1.54, 1.807) is 9.80 Å². The zero-order chi connectivity index (χ0) is 21.0. The van der Waals surface area contributed by atoms with Crippen molar-refractivity contribution in [3.05, 3.63) is 23.7 Å². The molecule has 1 atom stereocenters. The predicted octanol–water partition coefficient (Wildman–Crippen LogP) is 0.896. The van der Waals surface area contributed by atoms with Crippen LogP contribution in [0.15, 0.2) is 17.3 Å². The van der Waals surface area contributed by atoms with E-state index in [2.05, 4.69) is 20.3 Å². The molecule has 2 fully saturated rings. The van der Waals surface area contributed by atoms with Gasteiger partial charge in [-0.05, 0) is 19.4 Å². The summed E-state index contributed by atoms with van der Waals surface area (Å²) in [5.74, 6) is -0.134. The fourth-order valence-corrected chi connectivity index (χ4v) is 3.06. The highest BCUT2D eigenvalue weighted by molar-refractivity contribution is 6.09. The number of aliphatic imine (C=N–C) groups is 1. The van der Waals surface area contributed by atoms with E-state index in [9.17, 15) is 18.0 Å². The van der Waals surface area contributed by atoms with Crippen LogP contribution in [0, 0.1) is 0 Å². The molecular weight excluding hydrogens is 387 g/mol. The molecular formula is C18H24F3N7O. The number of nitrogens with zero attached hydrogens (tertiary/aromatic N) is 5. The van der Waals surface area contributed by atoms with Gasteiger partial charge in [0.05, 0.1) is 5.69 Å². The number of piperazine rings is 1. The number of carbonyl (C=O) groups excluding carboxylic acids is 1. The number of allylic oxidation sites excluding steroid dienone is 1. The first-order valence-electron chi connectivity index (χ1n) is 9.42. The molecule has 3 heterocycles. The number of nitrogens with two attached hydrogens (primary N) is 1. The van der Waals surface area contributed by atoms with Crippen LogP contribution in [0.25, 0.3) is 5.57 Å². The number of hydrogen-bond donors (Lipinski definition) is 2. The summed E-state index contributed by atoms with van der Waals surface area (Å²) in [5, 5.41) is 3.25. The van der Waals surface area contributed by atoms with Crippen molar-refractivity contribution >= 4 is 23.6 Å². The monoisotopic (exact) mass is 411 g/mol. The van der Waals surface area contributed by atoms with Crippen molar-refractivity contribution in [2.45, 2.75) is 25.6 Å². The lowest BCUT2D eigenvalue weighted by Crippen LogP contribution is -2.51. The lowest BCUT2D eigenvalue weighted by atomic mass is 10.1. The van der Waals surface area contributed by atoms with Crippen LogP contribution in [0.1, 0.15) is 24.7 Å². The first kappa shape index (κ1) is 21.0. The number of amides is 1. The molecule has 1 amide bonds. The standard InChI is InChI=1S/C18H24F3N7O/c1-12-11-28(6-3-24-12)16(29)10-23-9-13(8-22)14-7-15(18(19,20)21)26-17(25-14)27-4-2-5-27/h7-9,12,24H,2-6,10-11,22H2,1H3/b13-8+,23-9?/t12-/m0/s1. The molecule has 3 N–H and O–H groups in total. The maximum Gasteiger partial charge on any atom is 0.433 e. The van der Waals surface area contributed by atoms with Crippen LogP contribution in [0.3, 0.4) is 0 Å². The average molecular weight is 411 g/mol. The summed E-state index contributed by atoms with van der Waals surface area (Å²) >= 11 is 0. The van der Waals surface area contributed by atoms with Gasteiger partial charge in [0.1, 0.15) is 6.54 Å². The SMILES string of the molecule is C[C@H]1CN(C(=O)CN=C/C(=C\N)c2cc(C(F)(F)F)nc(N3CCC3)n2)CCN1. The zero-order valence-electron chi connectivity index (χ0n) is 16.1. The molecule has 2 saturated heterocycles. The van der Waals surface area contributed by atoms with Gasteiger partial charge in [0.15, 0.2) is 5.69 Å². The Morgan fingerprint density at radius 2 is 2.14 bits per heavy atom. The zero-order valence-corrected chi connectivity index (χ0v) is 16.1. The summed E-state index contributed by atoms with van der Waals surface area (Å²) < 4.78 is 39.7. The van der Waals surface area contributed by atoms with E-state index in [0.717, 1.165) is 18.7 Å². The van der Waals surface area contributed by atoms with Crippen LogP contribution in [-0.2, 0) is 11.0 Å². The normalized spacial score (nSPS) is 20.8. The number of carbonyl (C=O) groups is 1. The van der Waals surface area contributed by atoms with Crippen LogP contribution in [-0.4, -0.2) is 72.3 Å². The van der Waals surface area contributed by atoms with E-state index in [4.69, 9.17) is 5.73 Å². The molecule has 8 nitrogen and oxygen atoms in total. The van der Waals surface area contributed by atoms with E-state index in [1.807, 2.05) is 6.92 Å². The highest BCUT2D eigenvalue weighted by Crippen LogP contribution is 2.31. The van der Waals surface area contributed by atoms with Gasteiger partial charge in [0, 0.05) is 56.8 Å². The second kappa shape index (κ2) is 8.76. The molecule has 2 aliphatic heterocycles. The Morgan fingerprint density at radius 3 is 2.72 bits per heavy atom. The maximum atomic E-state index is 13.2. The molecule has 1 aromatic heterocycles. The smallest absolute Gasteiger partial charge is 0.404 e. The summed E-state index contributed by atoms with van der Waals surface area (Å²) in [4.78, 5) is 27.6. The predicted molar refractivity (Wildman–Crippen MR) is 103 cm³/mol. The molecule has 2 aliphatic rings. The fraction of sp³-hybridized carbons (Fsp3) is 0.556. The minimum atomic E-state index is -4.61. The molecule has 0 aromatic carbocycles. The highest BCUT2D eigenvalue weighted by atomic mass is 19.4. The van der Waals surface area contributed by atoms with Crippen molar-refractivity contribution in [3.8, 4) is 0 Å². The van der Waals surface area contributed by atoms with Crippen molar-refractivity contribution in [3.63, 3.8) is 0 Å². The van der Waals surface area contributed by atoms with Crippen LogP contribution >= 0.6 is 0 Å². The Bertz CT molecular complexity index is 805. The lowest BCUT2D eigenvalue weighted by Gasteiger charge is -2.31. The molecule has 0 saturated carbocycles. The quantitative estimate of drug-likeness (QED) is 0.699. The summed E-state index contributed by atoms with van der Waals surface area (Å²) in [6.07, 6.45) is -1.32. The number of aromatic nitrogens is 2. The molecule has 0 spiro atoms. The summed E-state index contributed by atoms with van der Waals surface area (Å²) in [6, 6.07) is 1.05. The van der Waals surface area contributed by atoms with Crippen molar-refractivity contribution < 1.29 is 18.0 Å². The van der Waals surface area contributed by atoms with Gasteiger partial charge < -0.3 is 20.9 Å². The molecule has 0 unspecified atom stereocenters. The Balaban J connectivity index is 1.75. The molecule has 11 heteroatoms. The largest absolute Gasteiger partial charge is 0.433 e. The van der Waals surface area contributed by atoms with Gasteiger partial charge in [-0.15, -0.1) is 0 Å². The third-order valence-electron chi connectivity index (χ3n) is 4.80. The van der Waals surface area contributed by atoms with Gasteiger partial charge in [0.2, 0.25) is 11.9 Å². The average Bonchev–Trinajstić information content (AvgIpc) is 2.62. The number of hydrogen-bond acceptors (Lipinski definition) is 7. The van der Waals surface area contributed by atoms with E-state index in [1.165, 1.54) is 6.21 Å². The molecule has 158 valence electrons. The van der Waals surface area contributed by atoms with Crippen LogP contribution in [0.4, 0.5) is 19.1 Å². The minimum Gasteiger partial charge on any atom is -0.404 e. The Morgan fingerprint density at radius 1 is 1.38 bits per heavy atom. The maximum absolute atomic E-state index is 13.2. The number of halogens is 3. The lowest BCUT2D eigenvalue weighted by molar-refractivity contribution is -0.141. The summed E-state index contributed by atoms with van der Waals surface area (Å²) in [6.45, 7) is 4.99. The summed E-state index contributed by atoms with van der Waals surface area (Å²) in [5.41, 5.74) is 4.78. The first-order chi connectivity index (χ1) is 13.8. The van der Waals surface area contributed by atoms with Crippen molar-refractivity contribution in [2.24, 2.45) is 10.7 Å². The van der Waals surface area contributed by atoms with Crippen molar-refractivity contribution in [2.75, 3.05) is 44.2 Å². The van der Waals surface area contributed by atoms with Gasteiger partial charge in [-0.3, -0.25) is 9.79 Å². The highest BCUT2D eigenvalue weighted by Gasteiger charge is 2.35. The van der Waals surface area contributed by atoms with Gasteiger partial charge >= 0.3 is 6.18 Å². The van der Waals surface area contributed by atoms with Gasteiger partial charge in [-0.1, -0.05) is 0 Å². The van der Waals surface area contributed by atoms with Gasteiger partial charge in [-0.25, -0.2) is 9.97 Å². The van der Waals surface area contributed by atoms with Gasteiger partial charge in [-0.2, -0.15) is 13.2 Å². The van der Waals surface area contributed by atoms with Crippen LogP contribution < -0.4 is 16.0 Å². The minimum absolute atomic E-state index is 0.0136. The van der Waals surface area contributed by atoms with E-state index >= 15 is 0 Å². The Kier molecular flexibility index (Phi) is 6.36. The van der Waals surface area contributed by atoms with E-state index < -0.39 is 11.9 Å². The molecule has 1 aromatic rings. The van der Waals surface area contributed by atoms with Crippen LogP contribution in [0.5, 0.6) is 0 Å². The number of nitrogens with one attached hydrogen (secondary N) is 1. The van der Waals surface area contributed by atoms with Gasteiger partial charge in [0.25, 0.3) is 0 Å². The Labute approximate surface area is 166 Å².